The van der Waals surface area contributed by atoms with Crippen LogP contribution in [0.2, 0.25) is 0 Å². The van der Waals surface area contributed by atoms with Crippen LogP contribution in [0.1, 0.15) is 55.1 Å². The maximum atomic E-state index is 15.0. The normalized spacial score (nSPS) is 12.9. The summed E-state index contributed by atoms with van der Waals surface area (Å²) in [6.07, 6.45) is 1.62. The molecule has 2 heterocycles. The van der Waals surface area contributed by atoms with Gasteiger partial charge in [-0.3, -0.25) is 13.9 Å². The number of halogens is 2. The van der Waals surface area contributed by atoms with Gasteiger partial charge in [0.2, 0.25) is 5.95 Å². The van der Waals surface area contributed by atoms with Gasteiger partial charge in [-0.15, -0.1) is 0 Å². The SMILES string of the molecule is CCCNC(=O)c1ccc(C)c(-c2nc(NCCCN(CC)CC)nc3c2CNC(=O)N3c2c(F)cccc2F)c1.O=S(=O)(O)CCS(=O)(=O)O. The van der Waals surface area contributed by atoms with E-state index in [1.165, 1.54) is 6.07 Å². The predicted molar refractivity (Wildman–Crippen MR) is 189 cm³/mol. The highest BCUT2D eigenvalue weighted by molar-refractivity contribution is 7.89. The topological polar surface area (TPSA) is 211 Å². The molecule has 15 nitrogen and oxygen atoms in total. The van der Waals surface area contributed by atoms with Gasteiger partial charge in [0.05, 0.1) is 23.7 Å². The maximum absolute atomic E-state index is 15.0. The van der Waals surface area contributed by atoms with Gasteiger partial charge in [-0.1, -0.05) is 32.9 Å². The van der Waals surface area contributed by atoms with Crippen molar-refractivity contribution in [3.05, 3.63) is 64.7 Å². The second kappa shape index (κ2) is 18.3. The van der Waals surface area contributed by atoms with Gasteiger partial charge in [-0.05, 0) is 69.2 Å². The lowest BCUT2D eigenvalue weighted by atomic mass is 9.97. The molecular weight excluding hydrogens is 713 g/mol. The van der Waals surface area contributed by atoms with E-state index in [-0.39, 0.29) is 24.2 Å². The number of anilines is 3. The monoisotopic (exact) mass is 755 g/mol. The van der Waals surface area contributed by atoms with Crippen molar-refractivity contribution in [1.82, 2.24) is 25.5 Å². The van der Waals surface area contributed by atoms with Crippen molar-refractivity contribution in [2.75, 3.05) is 54.4 Å². The molecule has 2 aromatic carbocycles. The summed E-state index contributed by atoms with van der Waals surface area (Å²) in [5.41, 5.74) is 2.38. The van der Waals surface area contributed by atoms with Crippen molar-refractivity contribution < 1.29 is 44.3 Å². The van der Waals surface area contributed by atoms with E-state index >= 15 is 0 Å². The van der Waals surface area contributed by atoms with Crippen LogP contribution in [0.3, 0.4) is 0 Å². The zero-order chi connectivity index (χ0) is 37.9. The Morgan fingerprint density at radius 2 is 1.61 bits per heavy atom. The second-order valence-corrected chi connectivity index (χ2v) is 14.6. The molecule has 0 spiro atoms. The lowest BCUT2D eigenvalue weighted by molar-refractivity contribution is 0.0953. The van der Waals surface area contributed by atoms with Gasteiger partial charge in [-0.25, -0.2) is 23.5 Å². The Balaban J connectivity index is 0.000000612. The molecule has 0 bridgehead atoms. The minimum atomic E-state index is -4.30. The quantitative estimate of drug-likeness (QED) is 0.110. The van der Waals surface area contributed by atoms with Gasteiger partial charge < -0.3 is 20.9 Å². The minimum Gasteiger partial charge on any atom is -0.354 e. The third kappa shape index (κ3) is 11.9. The summed E-state index contributed by atoms with van der Waals surface area (Å²) in [5.74, 6) is -3.67. The first-order chi connectivity index (χ1) is 24.0. The molecule has 5 N–H and O–H groups in total. The fraction of sp³-hybridized carbons (Fsp3) is 0.438. The van der Waals surface area contributed by atoms with Crippen molar-refractivity contribution in [2.24, 2.45) is 0 Å². The number of rotatable bonds is 15. The number of nitrogens with zero attached hydrogens (tertiary/aromatic N) is 4. The number of fused-ring (bicyclic) bond motifs is 1. The van der Waals surface area contributed by atoms with E-state index in [0.717, 1.165) is 55.1 Å². The number of amides is 3. The largest absolute Gasteiger partial charge is 0.354 e. The smallest absolute Gasteiger partial charge is 0.328 e. The van der Waals surface area contributed by atoms with Gasteiger partial charge >= 0.3 is 6.03 Å². The molecule has 3 amide bonds. The number of aromatic nitrogens is 2. The Morgan fingerprint density at radius 3 is 2.18 bits per heavy atom. The molecular formula is C32H43F2N7O8S2. The fourth-order valence-corrected chi connectivity index (χ4v) is 6.67. The number of hydrogen-bond acceptors (Lipinski definition) is 10. The van der Waals surface area contributed by atoms with Gasteiger partial charge in [-0.2, -0.15) is 21.8 Å². The van der Waals surface area contributed by atoms with Crippen LogP contribution in [0.5, 0.6) is 0 Å². The first-order valence-electron chi connectivity index (χ1n) is 16.2. The summed E-state index contributed by atoms with van der Waals surface area (Å²) in [7, 11) is -8.59. The van der Waals surface area contributed by atoms with Crippen molar-refractivity contribution in [1.29, 1.82) is 0 Å². The molecule has 1 aliphatic heterocycles. The lowest BCUT2D eigenvalue weighted by Crippen LogP contribution is -2.43. The van der Waals surface area contributed by atoms with Gasteiger partial charge in [0.25, 0.3) is 26.1 Å². The molecule has 0 saturated heterocycles. The molecule has 19 heteroatoms. The highest BCUT2D eigenvalue weighted by Crippen LogP contribution is 2.39. The van der Waals surface area contributed by atoms with Crippen molar-refractivity contribution in [3.63, 3.8) is 0 Å². The number of hydrogen-bond donors (Lipinski definition) is 5. The number of carbonyl (C=O) groups is 2. The third-order valence-electron chi connectivity index (χ3n) is 7.70. The van der Waals surface area contributed by atoms with E-state index in [1.54, 1.807) is 12.1 Å². The summed E-state index contributed by atoms with van der Waals surface area (Å²) in [4.78, 5) is 38.5. The lowest BCUT2D eigenvalue weighted by Gasteiger charge is -2.31. The molecule has 1 aliphatic rings. The Bertz CT molecular complexity index is 1880. The molecule has 0 atom stereocenters. The summed E-state index contributed by atoms with van der Waals surface area (Å²) in [6.45, 7) is 12.0. The van der Waals surface area contributed by atoms with Crippen LogP contribution < -0.4 is 20.9 Å². The van der Waals surface area contributed by atoms with Crippen LogP contribution in [0.15, 0.2) is 36.4 Å². The zero-order valence-electron chi connectivity index (χ0n) is 28.7. The highest BCUT2D eigenvalue weighted by Gasteiger charge is 2.34. The average molecular weight is 756 g/mol. The van der Waals surface area contributed by atoms with Crippen LogP contribution in [0.25, 0.3) is 11.3 Å². The number of nitrogens with one attached hydrogen (secondary N) is 3. The molecule has 280 valence electrons. The van der Waals surface area contributed by atoms with Crippen LogP contribution in [-0.4, -0.2) is 97.0 Å². The summed E-state index contributed by atoms with van der Waals surface area (Å²) in [5, 5.41) is 8.82. The Kier molecular flexibility index (Phi) is 14.7. The molecule has 0 aliphatic carbocycles. The summed E-state index contributed by atoms with van der Waals surface area (Å²) < 4.78 is 85.3. The average Bonchev–Trinajstić information content (AvgIpc) is 3.07. The Labute approximate surface area is 296 Å². The Hall–Kier alpha value is -4.30. The van der Waals surface area contributed by atoms with Crippen LogP contribution in [-0.2, 0) is 26.8 Å². The number of aryl methyl sites for hydroxylation is 1. The van der Waals surface area contributed by atoms with E-state index in [2.05, 4.69) is 39.7 Å². The van der Waals surface area contributed by atoms with Crippen molar-refractivity contribution in [3.8, 4) is 11.3 Å². The van der Waals surface area contributed by atoms with Gasteiger partial charge in [0, 0.05) is 29.8 Å². The molecule has 0 saturated carbocycles. The van der Waals surface area contributed by atoms with Crippen molar-refractivity contribution in [2.45, 2.75) is 47.1 Å². The van der Waals surface area contributed by atoms with Crippen LogP contribution in [0.4, 0.5) is 31.0 Å². The summed E-state index contributed by atoms with van der Waals surface area (Å²) in [6, 6.07) is 8.04. The highest BCUT2D eigenvalue weighted by atomic mass is 32.2. The Morgan fingerprint density at radius 1 is 0.980 bits per heavy atom. The predicted octanol–water partition coefficient (Wildman–Crippen LogP) is 4.14. The second-order valence-electron chi connectivity index (χ2n) is 11.4. The van der Waals surface area contributed by atoms with E-state index < -0.39 is 55.1 Å². The van der Waals surface area contributed by atoms with Gasteiger partial charge in [0.1, 0.15) is 17.3 Å². The van der Waals surface area contributed by atoms with E-state index in [9.17, 15) is 35.2 Å². The third-order valence-corrected chi connectivity index (χ3v) is 9.39. The maximum Gasteiger partial charge on any atom is 0.328 e. The summed E-state index contributed by atoms with van der Waals surface area (Å²) >= 11 is 0. The van der Waals surface area contributed by atoms with Crippen molar-refractivity contribution >= 4 is 49.6 Å². The fourth-order valence-electron chi connectivity index (χ4n) is 4.98. The first kappa shape index (κ1) is 41.1. The van der Waals surface area contributed by atoms with Crippen LogP contribution in [0, 0.1) is 18.6 Å². The molecule has 0 radical (unpaired) electrons. The van der Waals surface area contributed by atoms with Gasteiger partial charge in [0.15, 0.2) is 5.82 Å². The van der Waals surface area contributed by atoms with E-state index in [1.807, 2.05) is 19.9 Å². The molecule has 51 heavy (non-hydrogen) atoms. The number of urea groups is 1. The molecule has 0 unspecified atom stereocenters. The molecule has 1 aromatic heterocycles. The standard InChI is InChI=1S/C30H37F2N7O2.C2H6O6S2/c1-5-14-33-28(40)20-13-12-19(4)21(17-20)25-22-18-35-30(41)39(26-23(31)10-8-11-24(26)32)27(22)37-29(36-25)34-15-9-16-38(6-2)7-3;3-9(4,5)1-2-10(6,7)8/h8,10-13,17H,5-7,9,14-16,18H2,1-4H3,(H,33,40)(H,35,41)(H,34,36,37);1-2H2,(H,3,4,5)(H,6,7,8). The first-order valence-corrected chi connectivity index (χ1v) is 19.4. The molecule has 3 aromatic rings. The zero-order valence-corrected chi connectivity index (χ0v) is 30.4. The van der Waals surface area contributed by atoms with E-state index in [0.29, 0.717) is 35.5 Å². The molecule has 4 rings (SSSR count). The van der Waals surface area contributed by atoms with Crippen LogP contribution >= 0.6 is 0 Å². The minimum absolute atomic E-state index is 0.0456. The number of carbonyl (C=O) groups excluding carboxylic acids is 2. The number of para-hydroxylation sites is 1. The molecule has 0 fully saturated rings. The van der Waals surface area contributed by atoms with E-state index in [4.69, 9.17) is 14.1 Å². The number of benzene rings is 2.